The Hall–Kier alpha value is -2.82. The lowest BCUT2D eigenvalue weighted by Crippen LogP contribution is -2.11. The molecule has 0 aromatic heterocycles. The van der Waals surface area contributed by atoms with Gasteiger partial charge in [0.1, 0.15) is 11.5 Å². The lowest BCUT2D eigenvalue weighted by molar-refractivity contribution is -0.115. The van der Waals surface area contributed by atoms with Crippen molar-refractivity contribution in [2.75, 3.05) is 11.9 Å². The summed E-state index contributed by atoms with van der Waals surface area (Å²) in [7, 11) is 0. The second kappa shape index (κ2) is 9.47. The van der Waals surface area contributed by atoms with Gasteiger partial charge in [0.25, 0.3) is 0 Å². The molecule has 1 N–H and O–H groups in total. The minimum absolute atomic E-state index is 0.0952. The molecular formula is C20H23NO4. The molecule has 2 aromatic carbocycles. The summed E-state index contributed by atoms with van der Waals surface area (Å²) in [4.78, 5) is 23.7. The molecule has 0 heterocycles. The molecule has 0 atom stereocenters. The van der Waals surface area contributed by atoms with Gasteiger partial charge in [0.05, 0.1) is 12.2 Å². The second-order valence-corrected chi connectivity index (χ2v) is 5.55. The molecule has 0 unspecified atom stereocenters. The molecular weight excluding hydrogens is 318 g/mol. The van der Waals surface area contributed by atoms with E-state index in [-0.39, 0.29) is 5.91 Å². The molecule has 0 saturated carbocycles. The van der Waals surface area contributed by atoms with Crippen molar-refractivity contribution in [2.45, 2.75) is 33.1 Å². The Kier molecular flexibility index (Phi) is 7.01. The van der Waals surface area contributed by atoms with Crippen molar-refractivity contribution < 1.29 is 19.1 Å². The molecule has 2 rings (SSSR count). The molecule has 25 heavy (non-hydrogen) atoms. The van der Waals surface area contributed by atoms with E-state index in [1.54, 1.807) is 55.5 Å². The van der Waals surface area contributed by atoms with Crippen LogP contribution in [0.5, 0.6) is 11.5 Å². The van der Waals surface area contributed by atoms with Crippen molar-refractivity contribution >= 4 is 17.6 Å². The molecule has 0 aliphatic rings. The first-order valence-corrected chi connectivity index (χ1v) is 8.47. The summed E-state index contributed by atoms with van der Waals surface area (Å²) in [5.74, 6) is 0.553. The van der Waals surface area contributed by atoms with Crippen LogP contribution in [0, 0.1) is 0 Å². The van der Waals surface area contributed by atoms with E-state index in [4.69, 9.17) is 9.47 Å². The summed E-state index contributed by atoms with van der Waals surface area (Å²) in [5, 5.41) is 2.73. The van der Waals surface area contributed by atoms with Crippen LogP contribution in [0.1, 0.15) is 43.5 Å². The first-order chi connectivity index (χ1) is 12.1. The third-order valence-corrected chi connectivity index (χ3v) is 3.51. The summed E-state index contributed by atoms with van der Waals surface area (Å²) in [6.45, 7) is 4.54. The predicted molar refractivity (Wildman–Crippen MR) is 97.2 cm³/mol. The number of rotatable bonds is 8. The van der Waals surface area contributed by atoms with Crippen LogP contribution in [-0.4, -0.2) is 18.5 Å². The van der Waals surface area contributed by atoms with Gasteiger partial charge in [0.15, 0.2) is 0 Å². The fourth-order valence-electron chi connectivity index (χ4n) is 2.07. The molecule has 5 nitrogen and oxygen atoms in total. The highest BCUT2D eigenvalue weighted by Gasteiger charge is 2.10. The van der Waals surface area contributed by atoms with Crippen LogP contribution in [0.25, 0.3) is 0 Å². The van der Waals surface area contributed by atoms with E-state index in [0.29, 0.717) is 30.0 Å². The van der Waals surface area contributed by atoms with Gasteiger partial charge in [-0.2, -0.15) is 0 Å². The summed E-state index contributed by atoms with van der Waals surface area (Å²) in [6, 6.07) is 13.6. The van der Waals surface area contributed by atoms with Gasteiger partial charge in [-0.3, -0.25) is 4.79 Å². The van der Waals surface area contributed by atoms with Crippen molar-refractivity contribution in [3.63, 3.8) is 0 Å². The zero-order valence-corrected chi connectivity index (χ0v) is 14.6. The number of carbonyl (C=O) groups excluding carboxylic acids is 2. The normalized spacial score (nSPS) is 10.2. The molecule has 5 heteroatoms. The second-order valence-electron chi connectivity index (χ2n) is 5.55. The Labute approximate surface area is 148 Å². The van der Waals surface area contributed by atoms with Crippen molar-refractivity contribution in [1.29, 1.82) is 0 Å². The molecule has 132 valence electrons. The highest BCUT2D eigenvalue weighted by Crippen LogP contribution is 2.20. The summed E-state index contributed by atoms with van der Waals surface area (Å²) in [6.07, 6.45) is 2.45. The maximum Gasteiger partial charge on any atom is 0.343 e. The molecule has 2 aromatic rings. The number of unbranched alkanes of at least 4 members (excludes halogenated alkanes) is 1. The number of esters is 1. The van der Waals surface area contributed by atoms with Gasteiger partial charge in [-0.15, -0.1) is 0 Å². The van der Waals surface area contributed by atoms with Crippen molar-refractivity contribution in [3.8, 4) is 11.5 Å². The fraction of sp³-hybridized carbons (Fsp3) is 0.300. The SMILES string of the molecule is CCCCOc1ccc(C(=O)Oc2cccc(NC(=O)CC)c2)cc1. The van der Waals surface area contributed by atoms with Crippen molar-refractivity contribution in [1.82, 2.24) is 0 Å². The number of amides is 1. The van der Waals surface area contributed by atoms with Gasteiger partial charge in [0, 0.05) is 18.2 Å². The fourth-order valence-corrected chi connectivity index (χ4v) is 2.07. The summed E-state index contributed by atoms with van der Waals surface area (Å²) >= 11 is 0. The number of ether oxygens (including phenoxy) is 2. The average Bonchev–Trinajstić information content (AvgIpc) is 2.62. The van der Waals surface area contributed by atoms with Crippen molar-refractivity contribution in [3.05, 3.63) is 54.1 Å². The smallest absolute Gasteiger partial charge is 0.343 e. The number of anilines is 1. The maximum absolute atomic E-state index is 12.2. The topological polar surface area (TPSA) is 64.6 Å². The minimum atomic E-state index is -0.459. The minimum Gasteiger partial charge on any atom is -0.494 e. The quantitative estimate of drug-likeness (QED) is 0.438. The van der Waals surface area contributed by atoms with Gasteiger partial charge in [-0.1, -0.05) is 26.3 Å². The van der Waals surface area contributed by atoms with Crippen molar-refractivity contribution in [2.24, 2.45) is 0 Å². The lowest BCUT2D eigenvalue weighted by Gasteiger charge is -2.08. The lowest BCUT2D eigenvalue weighted by atomic mass is 10.2. The Bertz CT molecular complexity index is 710. The van der Waals surface area contributed by atoms with Gasteiger partial charge in [-0.25, -0.2) is 4.79 Å². The average molecular weight is 341 g/mol. The van der Waals surface area contributed by atoms with Crippen LogP contribution in [-0.2, 0) is 4.79 Å². The monoisotopic (exact) mass is 341 g/mol. The third-order valence-electron chi connectivity index (χ3n) is 3.51. The molecule has 0 spiro atoms. The summed E-state index contributed by atoms with van der Waals surface area (Å²) in [5.41, 5.74) is 1.03. The number of nitrogens with one attached hydrogen (secondary N) is 1. The number of hydrogen-bond donors (Lipinski definition) is 1. The zero-order chi connectivity index (χ0) is 18.1. The number of benzene rings is 2. The van der Waals surface area contributed by atoms with Gasteiger partial charge in [0.2, 0.25) is 5.91 Å². The zero-order valence-electron chi connectivity index (χ0n) is 14.6. The highest BCUT2D eigenvalue weighted by molar-refractivity contribution is 5.92. The van der Waals surface area contributed by atoms with E-state index in [1.165, 1.54) is 0 Å². The van der Waals surface area contributed by atoms with E-state index in [1.807, 2.05) is 0 Å². The number of carbonyl (C=O) groups is 2. The molecule has 0 radical (unpaired) electrons. The van der Waals surface area contributed by atoms with Crippen LogP contribution >= 0.6 is 0 Å². The summed E-state index contributed by atoms with van der Waals surface area (Å²) < 4.78 is 10.9. The molecule has 0 saturated heterocycles. The first kappa shape index (κ1) is 18.5. The van der Waals surface area contributed by atoms with E-state index < -0.39 is 5.97 Å². The van der Waals surface area contributed by atoms with Gasteiger partial charge < -0.3 is 14.8 Å². The highest BCUT2D eigenvalue weighted by atomic mass is 16.5. The van der Waals surface area contributed by atoms with Crippen LogP contribution in [0.15, 0.2) is 48.5 Å². The Morgan fingerprint density at radius 1 is 1.00 bits per heavy atom. The molecule has 0 aliphatic carbocycles. The molecule has 0 aliphatic heterocycles. The van der Waals surface area contributed by atoms with Crippen LogP contribution in [0.3, 0.4) is 0 Å². The van der Waals surface area contributed by atoms with E-state index >= 15 is 0 Å². The first-order valence-electron chi connectivity index (χ1n) is 8.47. The number of hydrogen-bond acceptors (Lipinski definition) is 4. The van der Waals surface area contributed by atoms with Gasteiger partial charge in [-0.05, 0) is 42.8 Å². The standard InChI is InChI=1S/C20H23NO4/c1-3-5-13-24-17-11-9-15(10-12-17)20(23)25-18-8-6-7-16(14-18)21-19(22)4-2/h6-12,14H,3-5,13H2,1-2H3,(H,21,22). The van der Waals surface area contributed by atoms with Crippen LogP contribution in [0.4, 0.5) is 5.69 Å². The van der Waals surface area contributed by atoms with Crippen LogP contribution in [0.2, 0.25) is 0 Å². The van der Waals surface area contributed by atoms with E-state index in [9.17, 15) is 9.59 Å². The molecule has 0 fully saturated rings. The van der Waals surface area contributed by atoms with Crippen LogP contribution < -0.4 is 14.8 Å². The molecule has 1 amide bonds. The Morgan fingerprint density at radius 3 is 2.44 bits per heavy atom. The largest absolute Gasteiger partial charge is 0.494 e. The third kappa shape index (κ3) is 5.95. The van der Waals surface area contributed by atoms with Gasteiger partial charge >= 0.3 is 5.97 Å². The van der Waals surface area contributed by atoms with E-state index in [2.05, 4.69) is 12.2 Å². The predicted octanol–water partition coefficient (Wildman–Crippen LogP) is 4.43. The maximum atomic E-state index is 12.2. The Balaban J connectivity index is 1.97. The van der Waals surface area contributed by atoms with E-state index in [0.717, 1.165) is 18.6 Å². The Morgan fingerprint density at radius 2 is 1.76 bits per heavy atom. The molecule has 0 bridgehead atoms.